The van der Waals surface area contributed by atoms with Gasteiger partial charge in [0, 0.05) is 23.5 Å². The molecule has 0 bridgehead atoms. The van der Waals surface area contributed by atoms with Crippen molar-refractivity contribution in [2.24, 2.45) is 0 Å². The number of amides is 1. The quantitative estimate of drug-likeness (QED) is 0.408. The Morgan fingerprint density at radius 2 is 2.07 bits per heavy atom. The molecule has 6 nitrogen and oxygen atoms in total. The van der Waals surface area contributed by atoms with Crippen LogP contribution in [0.15, 0.2) is 41.3 Å². The van der Waals surface area contributed by atoms with Crippen molar-refractivity contribution in [1.82, 2.24) is 9.80 Å². The molecule has 1 amide bonds. The maximum absolute atomic E-state index is 12.9. The third kappa shape index (κ3) is 4.32. The van der Waals surface area contributed by atoms with E-state index in [-0.39, 0.29) is 11.3 Å². The van der Waals surface area contributed by atoms with Crippen LogP contribution >= 0.6 is 22.9 Å². The molecular weight excluding hydrogens is 412 g/mol. The highest BCUT2D eigenvalue weighted by Gasteiger charge is 2.46. The zero-order valence-corrected chi connectivity index (χ0v) is 18.1. The van der Waals surface area contributed by atoms with Crippen LogP contribution in [-0.4, -0.2) is 60.4 Å². The number of likely N-dealkylation sites (tertiary alicyclic amines) is 1. The van der Waals surface area contributed by atoms with Crippen LogP contribution in [0.2, 0.25) is 5.02 Å². The van der Waals surface area contributed by atoms with Gasteiger partial charge in [-0.15, -0.1) is 11.3 Å². The van der Waals surface area contributed by atoms with E-state index in [2.05, 4.69) is 0 Å². The van der Waals surface area contributed by atoms with Gasteiger partial charge in [-0.05, 0) is 50.7 Å². The van der Waals surface area contributed by atoms with E-state index < -0.39 is 17.7 Å². The number of benzene rings is 1. The van der Waals surface area contributed by atoms with Gasteiger partial charge in [-0.25, -0.2) is 0 Å². The van der Waals surface area contributed by atoms with Gasteiger partial charge in [-0.2, -0.15) is 0 Å². The number of halogens is 1. The Labute approximate surface area is 179 Å². The average Bonchev–Trinajstić information content (AvgIpc) is 3.29. The third-order valence-corrected chi connectivity index (χ3v) is 5.88. The van der Waals surface area contributed by atoms with E-state index in [1.54, 1.807) is 18.2 Å². The predicted molar refractivity (Wildman–Crippen MR) is 115 cm³/mol. The first-order valence-electron chi connectivity index (χ1n) is 9.24. The number of Topliss-reactive ketones (excluding diaryl/α,β-unsaturated/α-hetero) is 1. The largest absolute Gasteiger partial charge is 0.507 e. The van der Waals surface area contributed by atoms with Gasteiger partial charge in [0.05, 0.1) is 23.2 Å². The fraction of sp³-hybridized carbons (Fsp3) is 0.333. The minimum Gasteiger partial charge on any atom is -0.507 e. The number of ketones is 1. The van der Waals surface area contributed by atoms with E-state index in [4.69, 9.17) is 16.3 Å². The van der Waals surface area contributed by atoms with Gasteiger partial charge < -0.3 is 19.6 Å². The number of carbonyl (C=O) groups is 2. The summed E-state index contributed by atoms with van der Waals surface area (Å²) in [5.74, 6) is -1.11. The lowest BCUT2D eigenvalue weighted by molar-refractivity contribution is -0.140. The number of ether oxygens (including phenoxy) is 1. The van der Waals surface area contributed by atoms with Gasteiger partial charge in [0.2, 0.25) is 0 Å². The van der Waals surface area contributed by atoms with Gasteiger partial charge in [0.1, 0.15) is 11.5 Å². The highest BCUT2D eigenvalue weighted by atomic mass is 35.5. The number of aliphatic hydroxyl groups excluding tert-OH is 1. The first-order chi connectivity index (χ1) is 13.8. The molecule has 1 aromatic heterocycles. The highest BCUT2D eigenvalue weighted by molar-refractivity contribution is 7.10. The number of likely N-dealkylation sites (N-methyl/N-ethyl adjacent to an activating group) is 1. The summed E-state index contributed by atoms with van der Waals surface area (Å²) in [6, 6.07) is 7.90. The second kappa shape index (κ2) is 8.98. The predicted octanol–water partition coefficient (Wildman–Crippen LogP) is 3.78. The molecule has 2 aromatic rings. The van der Waals surface area contributed by atoms with Crippen LogP contribution in [0.5, 0.6) is 5.75 Å². The van der Waals surface area contributed by atoms with Crippen LogP contribution in [0.1, 0.15) is 23.4 Å². The molecular formula is C21H23ClN2O4S. The first kappa shape index (κ1) is 21.4. The van der Waals surface area contributed by atoms with Gasteiger partial charge in [-0.1, -0.05) is 17.7 Å². The number of hydrogen-bond acceptors (Lipinski definition) is 6. The Morgan fingerprint density at radius 1 is 1.31 bits per heavy atom. The lowest BCUT2D eigenvalue weighted by atomic mass is 9.99. The molecule has 1 aliphatic rings. The molecule has 1 aliphatic heterocycles. The Morgan fingerprint density at radius 3 is 2.69 bits per heavy atom. The molecule has 0 radical (unpaired) electrons. The molecule has 2 heterocycles. The maximum atomic E-state index is 12.9. The summed E-state index contributed by atoms with van der Waals surface area (Å²) >= 11 is 7.58. The Balaban J connectivity index is 2.10. The summed E-state index contributed by atoms with van der Waals surface area (Å²) in [7, 11) is 3.80. The van der Waals surface area contributed by atoms with E-state index in [0.29, 0.717) is 36.0 Å². The molecule has 0 spiro atoms. The van der Waals surface area contributed by atoms with Gasteiger partial charge in [0.25, 0.3) is 11.7 Å². The minimum absolute atomic E-state index is 0.0842. The maximum Gasteiger partial charge on any atom is 0.295 e. The molecule has 154 valence electrons. The molecule has 1 atom stereocenters. The van der Waals surface area contributed by atoms with E-state index in [9.17, 15) is 14.7 Å². The van der Waals surface area contributed by atoms with Crippen molar-refractivity contribution in [3.63, 3.8) is 0 Å². The molecule has 1 unspecified atom stereocenters. The van der Waals surface area contributed by atoms with Crippen molar-refractivity contribution in [3.8, 4) is 5.75 Å². The second-order valence-corrected chi connectivity index (χ2v) is 8.28. The number of nitrogens with zero attached hydrogens (tertiary/aromatic N) is 2. The molecule has 1 aromatic carbocycles. The second-order valence-electron chi connectivity index (χ2n) is 6.89. The molecule has 0 saturated carbocycles. The van der Waals surface area contributed by atoms with Gasteiger partial charge in [0.15, 0.2) is 0 Å². The smallest absolute Gasteiger partial charge is 0.295 e. The van der Waals surface area contributed by atoms with Crippen molar-refractivity contribution in [1.29, 1.82) is 0 Å². The lowest BCUT2D eigenvalue weighted by Gasteiger charge is -2.25. The monoisotopic (exact) mass is 434 g/mol. The Kier molecular flexibility index (Phi) is 6.62. The van der Waals surface area contributed by atoms with Crippen molar-refractivity contribution in [3.05, 3.63) is 56.7 Å². The van der Waals surface area contributed by atoms with Crippen molar-refractivity contribution in [2.45, 2.75) is 13.0 Å². The summed E-state index contributed by atoms with van der Waals surface area (Å²) in [6.45, 7) is 3.22. The van der Waals surface area contributed by atoms with E-state index in [1.807, 2.05) is 43.4 Å². The Hall–Kier alpha value is -2.35. The van der Waals surface area contributed by atoms with Crippen molar-refractivity contribution < 1.29 is 19.4 Å². The molecule has 8 heteroatoms. The normalized spacial score (nSPS) is 18.7. The summed E-state index contributed by atoms with van der Waals surface area (Å²) in [5, 5.41) is 13.3. The van der Waals surface area contributed by atoms with Crippen molar-refractivity contribution in [2.75, 3.05) is 33.8 Å². The molecule has 0 aliphatic carbocycles. The fourth-order valence-corrected chi connectivity index (χ4v) is 4.25. The molecule has 3 rings (SSSR count). The number of aliphatic hydroxyl groups is 1. The SMILES string of the molecule is CCOc1cc(/C(O)=C2/C(=O)C(=O)N(CCN(C)C)C2c2cccs2)ccc1Cl. The van der Waals surface area contributed by atoms with Gasteiger partial charge in [-0.3, -0.25) is 9.59 Å². The number of thiophene rings is 1. The number of rotatable bonds is 7. The van der Waals surface area contributed by atoms with Crippen LogP contribution in [0.3, 0.4) is 0 Å². The zero-order valence-electron chi connectivity index (χ0n) is 16.5. The number of carbonyl (C=O) groups excluding carboxylic acids is 2. The van der Waals surface area contributed by atoms with E-state index in [0.717, 1.165) is 4.88 Å². The topological polar surface area (TPSA) is 70.1 Å². The van der Waals surface area contributed by atoms with Crippen LogP contribution in [0, 0.1) is 0 Å². The van der Waals surface area contributed by atoms with E-state index >= 15 is 0 Å². The Bertz CT molecular complexity index is 940. The lowest BCUT2D eigenvalue weighted by Crippen LogP contribution is -2.35. The summed E-state index contributed by atoms with van der Waals surface area (Å²) in [5.41, 5.74) is 0.464. The molecule has 1 N–H and O–H groups in total. The minimum atomic E-state index is -0.687. The van der Waals surface area contributed by atoms with Crippen LogP contribution in [-0.2, 0) is 9.59 Å². The average molecular weight is 435 g/mol. The summed E-state index contributed by atoms with van der Waals surface area (Å²) in [4.78, 5) is 29.9. The zero-order chi connectivity index (χ0) is 21.1. The third-order valence-electron chi connectivity index (χ3n) is 4.65. The fourth-order valence-electron chi connectivity index (χ4n) is 3.23. The van der Waals surface area contributed by atoms with E-state index in [1.165, 1.54) is 16.2 Å². The number of hydrogen-bond donors (Lipinski definition) is 1. The van der Waals surface area contributed by atoms with Crippen molar-refractivity contribution >= 4 is 40.4 Å². The molecule has 1 fully saturated rings. The standard InChI is InChI=1S/C21H23ClN2O4S/c1-4-28-15-12-13(7-8-14(15)22)19(25)17-18(16-6-5-11-29-16)24(10-9-23(2)3)21(27)20(17)26/h5-8,11-12,18,25H,4,9-10H2,1-3H3/b19-17-. The van der Waals surface area contributed by atoms with Crippen LogP contribution in [0.4, 0.5) is 0 Å². The molecule has 29 heavy (non-hydrogen) atoms. The first-order valence-corrected chi connectivity index (χ1v) is 10.5. The highest BCUT2D eigenvalue weighted by Crippen LogP contribution is 2.41. The van der Waals surface area contributed by atoms with Gasteiger partial charge >= 0.3 is 0 Å². The van der Waals surface area contributed by atoms with Crippen LogP contribution in [0.25, 0.3) is 5.76 Å². The summed E-state index contributed by atoms with van der Waals surface area (Å²) in [6.07, 6.45) is 0. The summed E-state index contributed by atoms with van der Waals surface area (Å²) < 4.78 is 5.49. The molecule has 1 saturated heterocycles. The van der Waals surface area contributed by atoms with Crippen LogP contribution < -0.4 is 4.74 Å².